The van der Waals surface area contributed by atoms with Crippen molar-refractivity contribution in [1.29, 1.82) is 0 Å². The van der Waals surface area contributed by atoms with E-state index < -0.39 is 23.6 Å². The molecule has 108 valence electrons. The van der Waals surface area contributed by atoms with E-state index in [1.807, 2.05) is 0 Å². The molecule has 20 heavy (non-hydrogen) atoms. The van der Waals surface area contributed by atoms with E-state index in [9.17, 15) is 14.0 Å². The fourth-order valence-electron chi connectivity index (χ4n) is 2.63. The third-order valence-corrected chi connectivity index (χ3v) is 3.80. The van der Waals surface area contributed by atoms with Crippen LogP contribution in [-0.4, -0.2) is 23.0 Å². The number of carboxylic acids is 1. The molecule has 1 aromatic carbocycles. The number of halogens is 1. The van der Waals surface area contributed by atoms with Crippen LogP contribution in [0.4, 0.5) is 4.39 Å². The lowest BCUT2D eigenvalue weighted by Gasteiger charge is -2.27. The molecule has 0 bridgehead atoms. The largest absolute Gasteiger partial charge is 0.481 e. The molecular formula is C15H18FNO3. The van der Waals surface area contributed by atoms with Crippen molar-refractivity contribution in [3.63, 3.8) is 0 Å². The van der Waals surface area contributed by atoms with Gasteiger partial charge in [-0.2, -0.15) is 0 Å². The quantitative estimate of drug-likeness (QED) is 0.893. The molecule has 2 unspecified atom stereocenters. The first-order valence-corrected chi connectivity index (χ1v) is 6.78. The summed E-state index contributed by atoms with van der Waals surface area (Å²) in [6.07, 6.45) is 2.55. The van der Waals surface area contributed by atoms with Crippen LogP contribution in [0.3, 0.4) is 0 Å². The summed E-state index contributed by atoms with van der Waals surface area (Å²) in [6.45, 7) is 1.60. The van der Waals surface area contributed by atoms with Gasteiger partial charge in [0.2, 0.25) is 0 Å². The van der Waals surface area contributed by atoms with Gasteiger partial charge in [0.15, 0.2) is 0 Å². The molecule has 2 rings (SSSR count). The molecule has 5 heteroatoms. The van der Waals surface area contributed by atoms with E-state index in [0.717, 1.165) is 12.8 Å². The zero-order valence-corrected chi connectivity index (χ0v) is 11.4. The first-order chi connectivity index (χ1) is 9.49. The van der Waals surface area contributed by atoms with Crippen molar-refractivity contribution < 1.29 is 19.1 Å². The molecule has 4 nitrogen and oxygen atoms in total. The van der Waals surface area contributed by atoms with Crippen LogP contribution in [-0.2, 0) is 4.79 Å². The van der Waals surface area contributed by atoms with Crippen molar-refractivity contribution in [3.05, 3.63) is 35.1 Å². The summed E-state index contributed by atoms with van der Waals surface area (Å²) in [4.78, 5) is 23.0. The molecule has 0 aliphatic heterocycles. The van der Waals surface area contributed by atoms with Crippen molar-refractivity contribution in [2.24, 2.45) is 5.92 Å². The number of rotatable bonds is 3. The van der Waals surface area contributed by atoms with Crippen molar-refractivity contribution in [2.75, 3.05) is 0 Å². The zero-order chi connectivity index (χ0) is 14.7. The normalized spacial score (nSPS) is 22.3. The molecule has 0 saturated heterocycles. The maximum absolute atomic E-state index is 13.9. The van der Waals surface area contributed by atoms with Crippen LogP contribution in [0.15, 0.2) is 18.2 Å². The molecule has 1 aliphatic carbocycles. The van der Waals surface area contributed by atoms with E-state index in [1.165, 1.54) is 6.07 Å². The molecule has 2 atom stereocenters. The summed E-state index contributed by atoms with van der Waals surface area (Å²) >= 11 is 0. The van der Waals surface area contributed by atoms with Crippen LogP contribution in [0.2, 0.25) is 0 Å². The maximum Gasteiger partial charge on any atom is 0.306 e. The Morgan fingerprint density at radius 2 is 2.10 bits per heavy atom. The molecule has 0 spiro atoms. The summed E-state index contributed by atoms with van der Waals surface area (Å²) in [5.41, 5.74) is 0.437. The lowest BCUT2D eigenvalue weighted by molar-refractivity contribution is -0.143. The van der Waals surface area contributed by atoms with Crippen molar-refractivity contribution in [2.45, 2.75) is 38.6 Å². The van der Waals surface area contributed by atoms with Gasteiger partial charge < -0.3 is 10.4 Å². The highest BCUT2D eigenvalue weighted by Gasteiger charge is 2.28. The second-order valence-corrected chi connectivity index (χ2v) is 5.31. The molecule has 1 saturated carbocycles. The van der Waals surface area contributed by atoms with E-state index in [0.29, 0.717) is 18.4 Å². The predicted molar refractivity (Wildman–Crippen MR) is 72.0 cm³/mol. The first-order valence-electron chi connectivity index (χ1n) is 6.78. The predicted octanol–water partition coefficient (Wildman–Crippen LogP) is 2.51. The van der Waals surface area contributed by atoms with E-state index in [-0.39, 0.29) is 11.6 Å². The average Bonchev–Trinajstić information content (AvgIpc) is 2.42. The smallest absolute Gasteiger partial charge is 0.306 e. The summed E-state index contributed by atoms with van der Waals surface area (Å²) in [5.74, 6) is -2.24. The fraction of sp³-hybridized carbons (Fsp3) is 0.467. The molecule has 1 fully saturated rings. The first kappa shape index (κ1) is 14.5. The number of carbonyl (C=O) groups excluding carboxylic acids is 1. The second-order valence-electron chi connectivity index (χ2n) is 5.31. The molecule has 0 aromatic heterocycles. The van der Waals surface area contributed by atoms with Crippen LogP contribution >= 0.6 is 0 Å². The number of aliphatic carboxylic acids is 1. The number of aryl methyl sites for hydroxylation is 1. The van der Waals surface area contributed by atoms with E-state index >= 15 is 0 Å². The van der Waals surface area contributed by atoms with Gasteiger partial charge in [0.05, 0.1) is 11.5 Å². The number of carbonyl (C=O) groups is 2. The SMILES string of the molecule is Cc1cccc(C(=O)NC2CCCC(C(=O)O)C2)c1F. The minimum Gasteiger partial charge on any atom is -0.481 e. The number of hydrogen-bond donors (Lipinski definition) is 2. The molecule has 1 aliphatic rings. The van der Waals surface area contributed by atoms with Gasteiger partial charge >= 0.3 is 5.97 Å². The molecule has 0 radical (unpaired) electrons. The standard InChI is InChI=1S/C15H18FNO3/c1-9-4-2-7-12(13(9)16)14(18)17-11-6-3-5-10(8-11)15(19)20/h2,4,7,10-11H,3,5-6,8H2,1H3,(H,17,18)(H,19,20). The third-order valence-electron chi connectivity index (χ3n) is 3.80. The van der Waals surface area contributed by atoms with Gasteiger partial charge in [0, 0.05) is 6.04 Å². The molecular weight excluding hydrogens is 261 g/mol. The van der Waals surface area contributed by atoms with Crippen molar-refractivity contribution in [3.8, 4) is 0 Å². The zero-order valence-electron chi connectivity index (χ0n) is 11.4. The third kappa shape index (κ3) is 3.15. The Balaban J connectivity index is 2.04. The van der Waals surface area contributed by atoms with Crippen molar-refractivity contribution >= 4 is 11.9 Å². The van der Waals surface area contributed by atoms with Crippen LogP contribution in [0.1, 0.15) is 41.6 Å². The average molecular weight is 279 g/mol. The molecule has 1 aromatic rings. The number of nitrogens with one attached hydrogen (secondary N) is 1. The second kappa shape index (κ2) is 6.03. The van der Waals surface area contributed by atoms with E-state index in [1.54, 1.807) is 19.1 Å². The summed E-state index contributed by atoms with van der Waals surface area (Å²) < 4.78 is 13.9. The Bertz CT molecular complexity index is 530. The highest BCUT2D eigenvalue weighted by molar-refractivity contribution is 5.94. The number of carboxylic acid groups (broad SMARTS) is 1. The minimum atomic E-state index is -0.828. The van der Waals surface area contributed by atoms with Gasteiger partial charge in [-0.1, -0.05) is 18.6 Å². The Morgan fingerprint density at radius 3 is 2.80 bits per heavy atom. The highest BCUT2D eigenvalue weighted by atomic mass is 19.1. The van der Waals surface area contributed by atoms with Gasteiger partial charge in [-0.15, -0.1) is 0 Å². The maximum atomic E-state index is 13.9. The fourth-order valence-corrected chi connectivity index (χ4v) is 2.63. The lowest BCUT2D eigenvalue weighted by Crippen LogP contribution is -2.40. The Kier molecular flexibility index (Phi) is 4.37. The van der Waals surface area contributed by atoms with Crippen LogP contribution in [0.25, 0.3) is 0 Å². The molecule has 0 heterocycles. The monoisotopic (exact) mass is 279 g/mol. The van der Waals surface area contributed by atoms with Gasteiger partial charge in [0.25, 0.3) is 5.91 Å². The van der Waals surface area contributed by atoms with Gasteiger partial charge in [-0.3, -0.25) is 9.59 Å². The van der Waals surface area contributed by atoms with Gasteiger partial charge in [-0.25, -0.2) is 4.39 Å². The Labute approximate surface area is 117 Å². The van der Waals surface area contributed by atoms with Crippen molar-refractivity contribution in [1.82, 2.24) is 5.32 Å². The number of benzene rings is 1. The Morgan fingerprint density at radius 1 is 1.35 bits per heavy atom. The van der Waals surface area contributed by atoms with Crippen LogP contribution in [0, 0.1) is 18.7 Å². The van der Waals surface area contributed by atoms with Crippen LogP contribution < -0.4 is 5.32 Å². The van der Waals surface area contributed by atoms with Gasteiger partial charge in [0.1, 0.15) is 5.82 Å². The van der Waals surface area contributed by atoms with Crippen LogP contribution in [0.5, 0.6) is 0 Å². The molecule has 1 amide bonds. The topological polar surface area (TPSA) is 66.4 Å². The summed E-state index contributed by atoms with van der Waals surface area (Å²) in [5, 5.41) is 11.8. The Hall–Kier alpha value is -1.91. The highest BCUT2D eigenvalue weighted by Crippen LogP contribution is 2.25. The number of amides is 1. The lowest BCUT2D eigenvalue weighted by atomic mass is 9.85. The van der Waals surface area contributed by atoms with E-state index in [2.05, 4.69) is 5.32 Å². The summed E-state index contributed by atoms with van der Waals surface area (Å²) in [6, 6.07) is 4.48. The minimum absolute atomic E-state index is 0.0162. The van der Waals surface area contributed by atoms with Gasteiger partial charge in [-0.05, 0) is 37.8 Å². The number of hydrogen-bond acceptors (Lipinski definition) is 2. The summed E-state index contributed by atoms with van der Waals surface area (Å²) in [7, 11) is 0. The molecule has 2 N–H and O–H groups in total. The van der Waals surface area contributed by atoms with E-state index in [4.69, 9.17) is 5.11 Å².